The van der Waals surface area contributed by atoms with Crippen LogP contribution in [0.25, 0.3) is 0 Å². The Kier molecular flexibility index (Phi) is 8.09. The molecular weight excluding hydrogens is 434 g/mol. The first kappa shape index (κ1) is 24.4. The summed E-state index contributed by atoms with van der Waals surface area (Å²) in [6.07, 6.45) is 5.50. The van der Waals surface area contributed by atoms with Gasteiger partial charge < -0.3 is 5.73 Å². The number of carbonyl (C=O) groups is 2. The normalized spacial score (nSPS) is 14.7. The molecule has 2 N–H and O–H groups in total. The standard InChI is InChI=1S/C30H33N3O2/c31-29-32-30(25-17-7-2-8-18-25,26-19-9-3-10-20-26)28(35)33(29)23-12-4-11-21-27(34)22-13-16-24-14-5-1-6-15-24/h1-3,5-10,14-15,17-20H,4,11-13,16,21-23H2,(H2,31,32). The molecule has 4 rings (SSSR count). The molecule has 0 saturated carbocycles. The largest absolute Gasteiger partial charge is 0.369 e. The van der Waals surface area contributed by atoms with Gasteiger partial charge in [0.1, 0.15) is 5.78 Å². The van der Waals surface area contributed by atoms with Crippen molar-refractivity contribution in [1.29, 1.82) is 0 Å². The minimum absolute atomic E-state index is 0.121. The highest BCUT2D eigenvalue weighted by molar-refractivity contribution is 6.09. The fraction of sp³-hybridized carbons (Fsp3) is 0.300. The lowest BCUT2D eigenvalue weighted by molar-refractivity contribution is -0.130. The first-order valence-electron chi connectivity index (χ1n) is 12.5. The second-order valence-corrected chi connectivity index (χ2v) is 9.06. The highest BCUT2D eigenvalue weighted by Crippen LogP contribution is 2.39. The van der Waals surface area contributed by atoms with Gasteiger partial charge in [-0.25, -0.2) is 4.99 Å². The average molecular weight is 468 g/mol. The second-order valence-electron chi connectivity index (χ2n) is 9.06. The maximum Gasteiger partial charge on any atom is 0.266 e. The van der Waals surface area contributed by atoms with E-state index < -0.39 is 5.54 Å². The van der Waals surface area contributed by atoms with Crippen LogP contribution in [0.1, 0.15) is 55.2 Å². The topological polar surface area (TPSA) is 75.8 Å². The molecule has 5 heteroatoms. The molecule has 0 fully saturated rings. The lowest BCUT2D eigenvalue weighted by Gasteiger charge is -2.27. The van der Waals surface area contributed by atoms with Crippen molar-refractivity contribution in [2.75, 3.05) is 6.54 Å². The molecule has 0 atom stereocenters. The van der Waals surface area contributed by atoms with Gasteiger partial charge in [0, 0.05) is 19.4 Å². The lowest BCUT2D eigenvalue weighted by Crippen LogP contribution is -2.44. The highest BCUT2D eigenvalue weighted by atomic mass is 16.2. The third kappa shape index (κ3) is 5.68. The molecule has 1 amide bonds. The first-order valence-corrected chi connectivity index (χ1v) is 12.5. The van der Waals surface area contributed by atoms with Crippen molar-refractivity contribution in [2.24, 2.45) is 10.7 Å². The van der Waals surface area contributed by atoms with Crippen LogP contribution in [0.4, 0.5) is 0 Å². The number of ketones is 1. The Bertz CT molecular complexity index is 1100. The molecule has 3 aromatic rings. The van der Waals surface area contributed by atoms with Crippen molar-refractivity contribution in [1.82, 2.24) is 4.90 Å². The summed E-state index contributed by atoms with van der Waals surface area (Å²) in [7, 11) is 0. The first-order chi connectivity index (χ1) is 17.1. The number of Topliss-reactive ketones (excluding diaryl/α,β-unsaturated/α-hetero) is 1. The van der Waals surface area contributed by atoms with E-state index in [1.165, 1.54) is 5.56 Å². The predicted octanol–water partition coefficient (Wildman–Crippen LogP) is 5.24. The summed E-state index contributed by atoms with van der Waals surface area (Å²) in [5.74, 6) is 0.440. The molecule has 180 valence electrons. The van der Waals surface area contributed by atoms with Crippen molar-refractivity contribution in [3.63, 3.8) is 0 Å². The van der Waals surface area contributed by atoms with Crippen molar-refractivity contribution < 1.29 is 9.59 Å². The van der Waals surface area contributed by atoms with Crippen LogP contribution in [0, 0.1) is 0 Å². The molecule has 1 aliphatic heterocycles. The minimum atomic E-state index is -1.15. The third-order valence-electron chi connectivity index (χ3n) is 6.60. The fourth-order valence-electron chi connectivity index (χ4n) is 4.73. The van der Waals surface area contributed by atoms with Gasteiger partial charge in [-0.05, 0) is 42.4 Å². The summed E-state index contributed by atoms with van der Waals surface area (Å²) in [6.45, 7) is 0.498. The van der Waals surface area contributed by atoms with E-state index in [4.69, 9.17) is 10.7 Å². The van der Waals surface area contributed by atoms with E-state index in [9.17, 15) is 9.59 Å². The lowest BCUT2D eigenvalue weighted by atomic mass is 9.83. The molecule has 0 aliphatic carbocycles. The number of nitrogens with zero attached hydrogens (tertiary/aromatic N) is 2. The highest BCUT2D eigenvalue weighted by Gasteiger charge is 2.50. The number of benzene rings is 3. The van der Waals surface area contributed by atoms with Gasteiger partial charge in [0.25, 0.3) is 5.91 Å². The maximum atomic E-state index is 13.7. The Morgan fingerprint density at radius 3 is 1.89 bits per heavy atom. The van der Waals surface area contributed by atoms with Crippen LogP contribution in [0.5, 0.6) is 0 Å². The van der Waals surface area contributed by atoms with Crippen molar-refractivity contribution in [3.05, 3.63) is 108 Å². The van der Waals surface area contributed by atoms with Gasteiger partial charge in [-0.3, -0.25) is 14.5 Å². The summed E-state index contributed by atoms with van der Waals surface area (Å²) >= 11 is 0. The molecule has 0 radical (unpaired) electrons. The van der Waals surface area contributed by atoms with Crippen LogP contribution in [-0.4, -0.2) is 29.1 Å². The Balaban J connectivity index is 1.28. The molecule has 1 heterocycles. The van der Waals surface area contributed by atoms with E-state index in [-0.39, 0.29) is 11.9 Å². The quantitative estimate of drug-likeness (QED) is 0.370. The number of hydrogen-bond acceptors (Lipinski definition) is 4. The van der Waals surface area contributed by atoms with E-state index in [0.29, 0.717) is 25.2 Å². The van der Waals surface area contributed by atoms with Crippen LogP contribution >= 0.6 is 0 Å². The van der Waals surface area contributed by atoms with Gasteiger partial charge in [-0.2, -0.15) is 0 Å². The smallest absolute Gasteiger partial charge is 0.266 e. The summed E-state index contributed by atoms with van der Waals surface area (Å²) in [6, 6.07) is 29.5. The Morgan fingerprint density at radius 1 is 0.743 bits per heavy atom. The average Bonchev–Trinajstić information content (AvgIpc) is 3.16. The number of guanidine groups is 1. The Hall–Kier alpha value is -3.73. The third-order valence-corrected chi connectivity index (χ3v) is 6.60. The van der Waals surface area contributed by atoms with Gasteiger partial charge in [0.05, 0.1) is 0 Å². The van der Waals surface area contributed by atoms with Crippen LogP contribution in [0.2, 0.25) is 0 Å². The summed E-state index contributed by atoms with van der Waals surface area (Å²) in [5, 5.41) is 0. The molecule has 3 aromatic carbocycles. The van der Waals surface area contributed by atoms with E-state index in [1.807, 2.05) is 78.9 Å². The van der Waals surface area contributed by atoms with Crippen molar-refractivity contribution in [2.45, 2.75) is 50.5 Å². The zero-order valence-electron chi connectivity index (χ0n) is 20.1. The summed E-state index contributed by atoms with van der Waals surface area (Å²) in [4.78, 5) is 32.3. The monoisotopic (exact) mass is 467 g/mol. The molecule has 0 spiro atoms. The van der Waals surface area contributed by atoms with Gasteiger partial charge in [0.15, 0.2) is 11.5 Å². The minimum Gasteiger partial charge on any atom is -0.369 e. The number of aliphatic imine (C=N–C) groups is 1. The van der Waals surface area contributed by atoms with E-state index >= 15 is 0 Å². The molecule has 0 unspecified atom stereocenters. The maximum absolute atomic E-state index is 13.7. The number of aryl methyl sites for hydroxylation is 1. The van der Waals surface area contributed by atoms with Crippen LogP contribution in [-0.2, 0) is 21.5 Å². The van der Waals surface area contributed by atoms with Crippen molar-refractivity contribution in [3.8, 4) is 0 Å². The molecule has 0 saturated heterocycles. The predicted molar refractivity (Wildman–Crippen MR) is 140 cm³/mol. The van der Waals surface area contributed by atoms with Crippen LogP contribution < -0.4 is 5.73 Å². The zero-order valence-corrected chi connectivity index (χ0v) is 20.1. The van der Waals surface area contributed by atoms with Gasteiger partial charge in [-0.15, -0.1) is 0 Å². The number of unbranched alkanes of at least 4 members (excludes halogenated alkanes) is 2. The Morgan fingerprint density at radius 2 is 1.29 bits per heavy atom. The van der Waals surface area contributed by atoms with E-state index in [2.05, 4.69) is 12.1 Å². The molecule has 5 nitrogen and oxygen atoms in total. The molecule has 0 bridgehead atoms. The van der Waals surface area contributed by atoms with Crippen LogP contribution in [0.3, 0.4) is 0 Å². The van der Waals surface area contributed by atoms with Gasteiger partial charge in [0.2, 0.25) is 0 Å². The molecular formula is C30H33N3O2. The number of nitrogens with two attached hydrogens (primary N) is 1. The number of carbonyl (C=O) groups excluding carboxylic acids is 2. The Labute approximate surface area is 207 Å². The summed E-state index contributed by atoms with van der Waals surface area (Å²) < 4.78 is 0. The van der Waals surface area contributed by atoms with Gasteiger partial charge in [-0.1, -0.05) is 97.4 Å². The zero-order chi connectivity index (χ0) is 24.5. The van der Waals surface area contributed by atoms with E-state index in [0.717, 1.165) is 43.2 Å². The molecule has 35 heavy (non-hydrogen) atoms. The second kappa shape index (κ2) is 11.6. The number of amides is 1. The summed E-state index contributed by atoms with van der Waals surface area (Å²) in [5.41, 5.74) is 8.03. The molecule has 1 aliphatic rings. The fourth-order valence-corrected chi connectivity index (χ4v) is 4.73. The molecule has 0 aromatic heterocycles. The van der Waals surface area contributed by atoms with Gasteiger partial charge >= 0.3 is 0 Å². The number of rotatable bonds is 12. The van der Waals surface area contributed by atoms with E-state index in [1.54, 1.807) is 4.90 Å². The number of hydrogen-bond donors (Lipinski definition) is 1. The SMILES string of the molecule is NC1=NC(c2ccccc2)(c2ccccc2)C(=O)N1CCCCCC(=O)CCCc1ccccc1. The van der Waals surface area contributed by atoms with Crippen LogP contribution in [0.15, 0.2) is 96.0 Å². The van der Waals surface area contributed by atoms with Crippen molar-refractivity contribution >= 4 is 17.6 Å².